The van der Waals surface area contributed by atoms with E-state index in [1.807, 2.05) is 0 Å². The molecule has 1 aromatic rings. The molecular formula is C17H25N3. The van der Waals surface area contributed by atoms with Crippen LogP contribution in [-0.2, 0) is 6.42 Å². The van der Waals surface area contributed by atoms with Gasteiger partial charge in [0.25, 0.3) is 0 Å². The van der Waals surface area contributed by atoms with Crippen LogP contribution in [0.2, 0.25) is 0 Å². The minimum atomic E-state index is 0.747. The Morgan fingerprint density at radius 2 is 2.15 bits per heavy atom. The highest BCUT2D eigenvalue weighted by atomic mass is 15.2. The topological polar surface area (TPSA) is 32.5 Å². The van der Waals surface area contributed by atoms with Crippen molar-refractivity contribution in [3.63, 3.8) is 0 Å². The van der Waals surface area contributed by atoms with Crippen molar-refractivity contribution in [3.05, 3.63) is 29.3 Å². The Labute approximate surface area is 121 Å². The highest BCUT2D eigenvalue weighted by Crippen LogP contribution is 2.49. The van der Waals surface area contributed by atoms with E-state index in [-0.39, 0.29) is 0 Å². The summed E-state index contributed by atoms with van der Waals surface area (Å²) in [5.74, 6) is 0.747. The summed E-state index contributed by atoms with van der Waals surface area (Å²) in [6.07, 6.45) is 5.01. The fourth-order valence-electron chi connectivity index (χ4n) is 4.52. The van der Waals surface area contributed by atoms with Crippen LogP contribution < -0.4 is 10.6 Å². The SMILES string of the molecule is NCCCCN1CC[C@H]2[C@@H](C1)c1cccc3c1N2CC3. The standard InChI is InChI=1S/C17H25N3/c18-8-1-2-9-19-10-7-16-15(12-19)14-5-3-4-13-6-11-20(16)17(13)14/h3-5,15-16H,1-2,6-12,18H2/t15-,16-/m0/s1. The van der Waals surface area contributed by atoms with E-state index in [4.69, 9.17) is 5.73 Å². The molecule has 0 spiro atoms. The van der Waals surface area contributed by atoms with Gasteiger partial charge in [0.05, 0.1) is 0 Å². The molecule has 2 atom stereocenters. The molecule has 3 nitrogen and oxygen atoms in total. The minimum Gasteiger partial charge on any atom is -0.367 e. The Morgan fingerprint density at radius 1 is 1.20 bits per heavy atom. The van der Waals surface area contributed by atoms with E-state index >= 15 is 0 Å². The molecule has 0 aromatic heterocycles. The van der Waals surface area contributed by atoms with Crippen molar-refractivity contribution in [1.29, 1.82) is 0 Å². The van der Waals surface area contributed by atoms with Gasteiger partial charge in [-0.15, -0.1) is 0 Å². The number of likely N-dealkylation sites (tertiary alicyclic amines) is 1. The second kappa shape index (κ2) is 5.05. The van der Waals surface area contributed by atoms with Gasteiger partial charge in [0.15, 0.2) is 0 Å². The maximum atomic E-state index is 5.61. The molecule has 1 aromatic carbocycles. The second-order valence-corrected chi connectivity index (χ2v) is 6.56. The van der Waals surface area contributed by atoms with E-state index in [0.29, 0.717) is 0 Å². The number of nitrogens with zero attached hydrogens (tertiary/aromatic N) is 2. The Balaban J connectivity index is 1.53. The van der Waals surface area contributed by atoms with Crippen LogP contribution in [0.3, 0.4) is 0 Å². The number of hydrogen-bond acceptors (Lipinski definition) is 3. The molecule has 1 fully saturated rings. The van der Waals surface area contributed by atoms with Crippen molar-refractivity contribution in [2.75, 3.05) is 37.6 Å². The van der Waals surface area contributed by atoms with E-state index in [1.54, 1.807) is 16.8 Å². The molecule has 0 radical (unpaired) electrons. The van der Waals surface area contributed by atoms with Crippen LogP contribution >= 0.6 is 0 Å². The lowest BCUT2D eigenvalue weighted by Gasteiger charge is -2.38. The van der Waals surface area contributed by atoms with Gasteiger partial charge in [-0.1, -0.05) is 18.2 Å². The van der Waals surface area contributed by atoms with Crippen molar-refractivity contribution in [3.8, 4) is 0 Å². The lowest BCUT2D eigenvalue weighted by Crippen LogP contribution is -2.46. The van der Waals surface area contributed by atoms with Crippen molar-refractivity contribution < 1.29 is 0 Å². The van der Waals surface area contributed by atoms with Crippen molar-refractivity contribution >= 4 is 5.69 Å². The smallest absolute Gasteiger partial charge is 0.0438 e. The molecule has 3 aliphatic rings. The lowest BCUT2D eigenvalue weighted by molar-refractivity contribution is 0.191. The summed E-state index contributed by atoms with van der Waals surface area (Å²) in [5, 5.41) is 0. The minimum absolute atomic E-state index is 0.747. The third kappa shape index (κ3) is 1.87. The quantitative estimate of drug-likeness (QED) is 0.850. The number of unbranched alkanes of at least 4 members (excludes halogenated alkanes) is 1. The predicted molar refractivity (Wildman–Crippen MR) is 83.4 cm³/mol. The van der Waals surface area contributed by atoms with Gasteiger partial charge in [-0.3, -0.25) is 0 Å². The first-order valence-corrected chi connectivity index (χ1v) is 8.19. The number of nitrogens with two attached hydrogens (primary N) is 1. The molecule has 4 rings (SSSR count). The van der Waals surface area contributed by atoms with Crippen molar-refractivity contribution in [1.82, 2.24) is 4.90 Å². The van der Waals surface area contributed by atoms with Gasteiger partial charge >= 0.3 is 0 Å². The summed E-state index contributed by atoms with van der Waals surface area (Å²) < 4.78 is 0. The second-order valence-electron chi connectivity index (χ2n) is 6.56. The number of para-hydroxylation sites is 1. The highest BCUT2D eigenvalue weighted by Gasteiger charge is 2.44. The van der Waals surface area contributed by atoms with Crippen molar-refractivity contribution in [2.24, 2.45) is 5.73 Å². The number of hydrogen-bond donors (Lipinski definition) is 1. The molecule has 0 amide bonds. The van der Waals surface area contributed by atoms with Crippen LogP contribution in [0, 0.1) is 0 Å². The van der Waals surface area contributed by atoms with Crippen LogP contribution in [0.5, 0.6) is 0 Å². The number of benzene rings is 1. The Hall–Kier alpha value is -1.06. The van der Waals surface area contributed by atoms with E-state index < -0.39 is 0 Å². The van der Waals surface area contributed by atoms with Crippen LogP contribution in [0.1, 0.15) is 36.3 Å². The van der Waals surface area contributed by atoms with E-state index in [2.05, 4.69) is 28.0 Å². The van der Waals surface area contributed by atoms with Crippen LogP contribution in [-0.4, -0.2) is 43.7 Å². The number of fused-ring (bicyclic) bond motifs is 3. The van der Waals surface area contributed by atoms with Gasteiger partial charge in [-0.2, -0.15) is 0 Å². The first kappa shape index (κ1) is 12.7. The van der Waals surface area contributed by atoms with E-state index in [0.717, 1.165) is 24.9 Å². The van der Waals surface area contributed by atoms with Gasteiger partial charge in [0.2, 0.25) is 0 Å². The third-order valence-corrected chi connectivity index (χ3v) is 5.45. The molecule has 3 heteroatoms. The molecule has 0 bridgehead atoms. The average Bonchev–Trinajstić information content (AvgIpc) is 3.04. The first-order valence-electron chi connectivity index (χ1n) is 8.19. The summed E-state index contributed by atoms with van der Waals surface area (Å²) in [6, 6.07) is 7.76. The van der Waals surface area contributed by atoms with Gasteiger partial charge in [0.1, 0.15) is 0 Å². The monoisotopic (exact) mass is 271 g/mol. The average molecular weight is 271 g/mol. The molecule has 3 heterocycles. The summed E-state index contributed by atoms with van der Waals surface area (Å²) in [5.41, 5.74) is 10.4. The first-order chi connectivity index (χ1) is 9.88. The lowest BCUT2D eigenvalue weighted by atomic mass is 9.87. The van der Waals surface area contributed by atoms with E-state index in [9.17, 15) is 0 Å². The molecule has 2 N–H and O–H groups in total. The molecular weight excluding hydrogens is 246 g/mol. The van der Waals surface area contributed by atoms with Gasteiger partial charge in [0, 0.05) is 37.3 Å². The molecule has 0 unspecified atom stereocenters. The number of piperidine rings is 1. The van der Waals surface area contributed by atoms with Gasteiger partial charge < -0.3 is 15.5 Å². The summed E-state index contributed by atoms with van der Waals surface area (Å²) >= 11 is 0. The molecule has 1 saturated heterocycles. The largest absolute Gasteiger partial charge is 0.367 e. The van der Waals surface area contributed by atoms with E-state index in [1.165, 1.54) is 45.4 Å². The predicted octanol–water partition coefficient (Wildman–Crippen LogP) is 1.96. The highest BCUT2D eigenvalue weighted by molar-refractivity contribution is 5.70. The Kier molecular flexibility index (Phi) is 3.20. The third-order valence-electron chi connectivity index (χ3n) is 5.45. The fourth-order valence-corrected chi connectivity index (χ4v) is 4.52. The Morgan fingerprint density at radius 3 is 3.05 bits per heavy atom. The zero-order valence-corrected chi connectivity index (χ0v) is 12.2. The van der Waals surface area contributed by atoms with Crippen LogP contribution in [0.25, 0.3) is 0 Å². The molecule has 20 heavy (non-hydrogen) atoms. The summed E-state index contributed by atoms with van der Waals surface area (Å²) in [7, 11) is 0. The van der Waals surface area contributed by atoms with Crippen LogP contribution in [0.4, 0.5) is 5.69 Å². The summed E-state index contributed by atoms with van der Waals surface area (Å²) in [4.78, 5) is 5.38. The number of anilines is 1. The maximum absolute atomic E-state index is 5.61. The molecule has 0 saturated carbocycles. The van der Waals surface area contributed by atoms with Crippen LogP contribution in [0.15, 0.2) is 18.2 Å². The number of rotatable bonds is 4. The van der Waals surface area contributed by atoms with Gasteiger partial charge in [-0.05, 0) is 49.9 Å². The molecule has 3 aliphatic heterocycles. The molecule has 108 valence electrons. The fraction of sp³-hybridized carbons (Fsp3) is 0.647. The van der Waals surface area contributed by atoms with Crippen molar-refractivity contribution in [2.45, 2.75) is 37.6 Å². The zero-order valence-electron chi connectivity index (χ0n) is 12.2. The normalized spacial score (nSPS) is 27.8. The zero-order chi connectivity index (χ0) is 13.5. The maximum Gasteiger partial charge on any atom is 0.0438 e. The Bertz CT molecular complexity index is 499. The molecule has 0 aliphatic carbocycles. The summed E-state index contributed by atoms with van der Waals surface area (Å²) in [6.45, 7) is 5.84. The van der Waals surface area contributed by atoms with Gasteiger partial charge in [-0.25, -0.2) is 0 Å².